The summed E-state index contributed by atoms with van der Waals surface area (Å²) in [6.07, 6.45) is 35.8. The predicted molar refractivity (Wildman–Crippen MR) is 203 cm³/mol. The summed E-state index contributed by atoms with van der Waals surface area (Å²) in [5.74, 6) is -0.862. The number of hydrogen-bond acceptors (Lipinski definition) is 8. The number of allylic oxidation sites excluding steroid dienone is 8. The van der Waals surface area contributed by atoms with Gasteiger partial charge in [0.15, 0.2) is 6.10 Å². The molecule has 0 aromatic heterocycles. The Bertz CT molecular complexity index is 1000. The van der Waals surface area contributed by atoms with Crippen LogP contribution in [-0.4, -0.2) is 70.0 Å². The third-order valence-corrected chi connectivity index (χ3v) is 8.83. The fourth-order valence-electron chi connectivity index (χ4n) is 4.82. The quantitative estimate of drug-likeness (QED) is 0.0212. The van der Waals surface area contributed by atoms with Crippen LogP contribution in [0.5, 0.6) is 0 Å². The van der Waals surface area contributed by atoms with Crippen LogP contribution in [0.15, 0.2) is 48.6 Å². The van der Waals surface area contributed by atoms with Gasteiger partial charge in [-0.15, -0.1) is 0 Å². The smallest absolute Gasteiger partial charge is 0.306 e. The van der Waals surface area contributed by atoms with Gasteiger partial charge in [-0.3, -0.25) is 14.2 Å². The van der Waals surface area contributed by atoms with Crippen molar-refractivity contribution in [2.75, 3.05) is 47.5 Å². The Morgan fingerprint density at radius 1 is 0.640 bits per heavy atom. The summed E-state index contributed by atoms with van der Waals surface area (Å²) in [4.78, 5) is 37.2. The molecule has 0 saturated carbocycles. The fourth-order valence-corrected chi connectivity index (χ4v) is 5.55. The lowest BCUT2D eigenvalue weighted by Gasteiger charge is -2.28. The van der Waals surface area contributed by atoms with Crippen LogP contribution in [-0.2, 0) is 32.7 Å². The summed E-state index contributed by atoms with van der Waals surface area (Å²) in [5.41, 5.74) is 0. The number of likely N-dealkylation sites (N-methyl/N-ethyl adjacent to an activating group) is 1. The fraction of sp³-hybridized carbons (Fsp3) is 0.750. The van der Waals surface area contributed by atoms with Crippen LogP contribution in [0.3, 0.4) is 0 Å². The molecule has 0 spiro atoms. The number of quaternary nitrogens is 1. The van der Waals surface area contributed by atoms with Gasteiger partial charge in [-0.1, -0.05) is 127 Å². The van der Waals surface area contributed by atoms with E-state index in [1.807, 2.05) is 21.1 Å². The van der Waals surface area contributed by atoms with Crippen molar-refractivity contribution in [2.45, 2.75) is 148 Å². The number of phosphoric acid groups is 1. The lowest BCUT2D eigenvalue weighted by molar-refractivity contribution is -0.870. The second-order valence-corrected chi connectivity index (χ2v) is 15.3. The predicted octanol–water partition coefficient (Wildman–Crippen LogP) is 9.72. The summed E-state index contributed by atoms with van der Waals surface area (Å²) < 4.78 is 33.6. The van der Waals surface area contributed by atoms with E-state index in [9.17, 15) is 19.0 Å². The normalized spacial score (nSPS) is 14.3. The first-order valence-corrected chi connectivity index (χ1v) is 20.8. The molecule has 0 N–H and O–H groups in total. The van der Waals surface area contributed by atoms with Gasteiger partial charge >= 0.3 is 11.9 Å². The van der Waals surface area contributed by atoms with Crippen LogP contribution < -0.4 is 4.89 Å². The molecule has 0 aromatic rings. The maximum Gasteiger partial charge on any atom is 0.306 e. The molecule has 290 valence electrons. The van der Waals surface area contributed by atoms with E-state index in [1.54, 1.807) is 0 Å². The standard InChI is InChI=1S/C40H72NO8P/c1-6-8-10-12-14-15-16-17-18-19-20-21-22-23-24-25-27-29-31-33-40(43)49-38(37-48-50(44,45)47-35-34-41(3,4)5)36-46-39(42)32-30-28-26-13-11-9-7-2/h8,10,14-15,17-18,20-21,38H,6-7,9,11-13,16,19,22-37H2,1-5H3/b10-8-,15-14-,18-17-,21-20-. The Morgan fingerprint density at radius 2 is 1.14 bits per heavy atom. The Hall–Kier alpha value is -2.03. The monoisotopic (exact) mass is 725 g/mol. The number of unbranched alkanes of at least 4 members (excludes halogenated alkanes) is 12. The van der Waals surface area contributed by atoms with E-state index in [0.717, 1.165) is 89.9 Å². The third-order valence-electron chi connectivity index (χ3n) is 7.86. The number of nitrogens with zero attached hydrogens (tertiary/aromatic N) is 1. The maximum absolute atomic E-state index is 12.6. The third kappa shape index (κ3) is 35.8. The second-order valence-electron chi connectivity index (χ2n) is 13.9. The van der Waals surface area contributed by atoms with Crippen LogP contribution in [0.2, 0.25) is 0 Å². The zero-order chi connectivity index (χ0) is 37.2. The van der Waals surface area contributed by atoms with Gasteiger partial charge in [0.05, 0.1) is 27.7 Å². The van der Waals surface area contributed by atoms with Crippen molar-refractivity contribution in [1.82, 2.24) is 0 Å². The van der Waals surface area contributed by atoms with Gasteiger partial charge in [-0.05, 0) is 51.4 Å². The molecular formula is C40H72NO8P. The van der Waals surface area contributed by atoms with Crippen molar-refractivity contribution in [3.8, 4) is 0 Å². The summed E-state index contributed by atoms with van der Waals surface area (Å²) in [6.45, 7) is 4.02. The Morgan fingerprint density at radius 3 is 1.70 bits per heavy atom. The molecule has 0 aromatic carbocycles. The number of esters is 2. The zero-order valence-electron chi connectivity index (χ0n) is 32.3. The van der Waals surface area contributed by atoms with E-state index in [-0.39, 0.29) is 26.1 Å². The first kappa shape index (κ1) is 48.0. The summed E-state index contributed by atoms with van der Waals surface area (Å²) in [6, 6.07) is 0. The minimum atomic E-state index is -4.62. The van der Waals surface area contributed by atoms with Crippen molar-refractivity contribution in [3.05, 3.63) is 48.6 Å². The van der Waals surface area contributed by atoms with Gasteiger partial charge in [0.2, 0.25) is 0 Å². The van der Waals surface area contributed by atoms with Gasteiger partial charge < -0.3 is 27.9 Å². The molecule has 2 unspecified atom stereocenters. The molecule has 0 radical (unpaired) electrons. The van der Waals surface area contributed by atoms with Gasteiger partial charge in [0.1, 0.15) is 19.8 Å². The van der Waals surface area contributed by atoms with E-state index in [1.165, 1.54) is 19.3 Å². The van der Waals surface area contributed by atoms with E-state index in [2.05, 4.69) is 62.5 Å². The number of carbonyl (C=O) groups is 2. The lowest BCUT2D eigenvalue weighted by Crippen LogP contribution is -2.37. The topological polar surface area (TPSA) is 111 Å². The van der Waals surface area contributed by atoms with Gasteiger partial charge in [-0.2, -0.15) is 0 Å². The SMILES string of the molecule is CC/C=C\C/C=C\C/C=C\C/C=C\CCCCCCCCC(=O)OC(COC(=O)CCCCCCCCC)COP(=O)([O-])OCC[N+](C)(C)C. The minimum absolute atomic E-state index is 0.0351. The molecule has 0 amide bonds. The van der Waals surface area contributed by atoms with Crippen LogP contribution in [0.1, 0.15) is 142 Å². The highest BCUT2D eigenvalue weighted by atomic mass is 31.2. The number of hydrogen-bond donors (Lipinski definition) is 0. The van der Waals surface area contributed by atoms with Crippen LogP contribution >= 0.6 is 7.82 Å². The largest absolute Gasteiger partial charge is 0.756 e. The van der Waals surface area contributed by atoms with Gasteiger partial charge in [0, 0.05) is 12.8 Å². The highest BCUT2D eigenvalue weighted by molar-refractivity contribution is 7.45. The van der Waals surface area contributed by atoms with Crippen molar-refractivity contribution in [1.29, 1.82) is 0 Å². The summed E-state index contributed by atoms with van der Waals surface area (Å²) in [7, 11) is 1.15. The molecule has 0 aliphatic heterocycles. The molecule has 0 rings (SSSR count). The molecule has 0 heterocycles. The molecule has 0 fully saturated rings. The first-order valence-electron chi connectivity index (χ1n) is 19.3. The summed E-state index contributed by atoms with van der Waals surface area (Å²) in [5, 5.41) is 0. The molecule has 0 aliphatic rings. The van der Waals surface area contributed by atoms with Gasteiger partial charge in [-0.25, -0.2) is 0 Å². The molecule has 0 bridgehead atoms. The van der Waals surface area contributed by atoms with Crippen molar-refractivity contribution >= 4 is 19.8 Å². The van der Waals surface area contributed by atoms with Crippen molar-refractivity contribution in [2.24, 2.45) is 0 Å². The molecular weight excluding hydrogens is 653 g/mol. The van der Waals surface area contributed by atoms with Crippen molar-refractivity contribution in [3.63, 3.8) is 0 Å². The average molecular weight is 726 g/mol. The Balaban J connectivity index is 4.37. The minimum Gasteiger partial charge on any atom is -0.756 e. The zero-order valence-corrected chi connectivity index (χ0v) is 33.2. The molecule has 0 saturated heterocycles. The first-order chi connectivity index (χ1) is 24.0. The molecule has 50 heavy (non-hydrogen) atoms. The summed E-state index contributed by atoms with van der Waals surface area (Å²) >= 11 is 0. The van der Waals surface area contributed by atoms with Gasteiger partial charge in [0.25, 0.3) is 7.82 Å². The lowest BCUT2D eigenvalue weighted by atomic mass is 10.1. The molecule has 2 atom stereocenters. The number of rotatable bonds is 34. The molecule has 10 heteroatoms. The van der Waals surface area contributed by atoms with Crippen molar-refractivity contribution < 1.29 is 42.1 Å². The number of carbonyl (C=O) groups excluding carboxylic acids is 2. The second kappa shape index (κ2) is 32.8. The highest BCUT2D eigenvalue weighted by Gasteiger charge is 2.21. The van der Waals surface area contributed by atoms with Crippen LogP contribution in [0.25, 0.3) is 0 Å². The molecule has 0 aliphatic carbocycles. The van der Waals surface area contributed by atoms with E-state index < -0.39 is 32.5 Å². The molecule has 9 nitrogen and oxygen atoms in total. The van der Waals surface area contributed by atoms with Crippen LogP contribution in [0, 0.1) is 0 Å². The van der Waals surface area contributed by atoms with Crippen LogP contribution in [0.4, 0.5) is 0 Å². The number of phosphoric ester groups is 1. The maximum atomic E-state index is 12.6. The highest BCUT2D eigenvalue weighted by Crippen LogP contribution is 2.38. The number of ether oxygens (including phenoxy) is 2. The van der Waals surface area contributed by atoms with E-state index in [4.69, 9.17) is 18.5 Å². The Kier molecular flexibility index (Phi) is 31.5. The van der Waals surface area contributed by atoms with E-state index in [0.29, 0.717) is 17.4 Å². The Labute approximate surface area is 305 Å². The van der Waals surface area contributed by atoms with E-state index >= 15 is 0 Å². The average Bonchev–Trinajstić information content (AvgIpc) is 3.06.